The Balaban J connectivity index is 3.31. The van der Waals surface area contributed by atoms with E-state index in [9.17, 15) is 0 Å². The van der Waals surface area contributed by atoms with Crippen molar-refractivity contribution >= 4 is 0 Å². The van der Waals surface area contributed by atoms with Crippen LogP contribution in [0.25, 0.3) is 0 Å². The molecule has 0 amide bonds. The fourth-order valence-corrected chi connectivity index (χ4v) is 1.95. The van der Waals surface area contributed by atoms with Gasteiger partial charge in [0.2, 0.25) is 0 Å². The fourth-order valence-electron chi connectivity index (χ4n) is 1.95. The van der Waals surface area contributed by atoms with Gasteiger partial charge in [-0.2, -0.15) is 0 Å². The van der Waals surface area contributed by atoms with Gasteiger partial charge < -0.3 is 9.84 Å². The third-order valence-corrected chi connectivity index (χ3v) is 2.75. The van der Waals surface area contributed by atoms with E-state index >= 15 is 0 Å². The Morgan fingerprint density at radius 1 is 1.25 bits per heavy atom. The maximum Gasteiger partial charge on any atom is 0.125 e. The number of hydrogen-bond donors (Lipinski definition) is 1. The molecule has 0 aliphatic heterocycles. The second-order valence-electron chi connectivity index (χ2n) is 5.22. The van der Waals surface area contributed by atoms with Gasteiger partial charge in [0.1, 0.15) is 5.75 Å². The van der Waals surface area contributed by atoms with Crippen LogP contribution in [-0.4, -0.2) is 18.8 Å². The minimum Gasteiger partial charge on any atom is -0.496 e. The highest BCUT2D eigenvalue weighted by Gasteiger charge is 2.20. The molecule has 16 heavy (non-hydrogen) atoms. The largest absolute Gasteiger partial charge is 0.496 e. The third-order valence-electron chi connectivity index (χ3n) is 2.75. The van der Waals surface area contributed by atoms with E-state index < -0.39 is 0 Å². The first-order chi connectivity index (χ1) is 7.40. The Morgan fingerprint density at radius 2 is 1.88 bits per heavy atom. The fraction of sp³-hybridized carbons (Fsp3) is 0.571. The highest BCUT2D eigenvalue weighted by Crippen LogP contribution is 2.34. The molecule has 1 N–H and O–H groups in total. The van der Waals surface area contributed by atoms with Gasteiger partial charge in [0.25, 0.3) is 0 Å². The van der Waals surface area contributed by atoms with Crippen molar-refractivity contribution < 1.29 is 9.84 Å². The lowest BCUT2D eigenvalue weighted by molar-refractivity contribution is 0.299. The highest BCUT2D eigenvalue weighted by atomic mass is 16.5. The van der Waals surface area contributed by atoms with E-state index in [1.54, 1.807) is 7.11 Å². The maximum absolute atomic E-state index is 9.00. The predicted octanol–water partition coefficient (Wildman–Crippen LogP) is 2.84. The van der Waals surface area contributed by atoms with Crippen LogP contribution >= 0.6 is 0 Å². The molecule has 0 heterocycles. The molecule has 90 valence electrons. The zero-order valence-corrected chi connectivity index (χ0v) is 10.9. The number of aryl methyl sites for hydroxylation is 1. The topological polar surface area (TPSA) is 29.5 Å². The standard InChI is InChI=1S/C14H22O2/c1-10-8-11(6-7-15)9-12(13(10)16-5)14(2,3)4/h8-9,15H,6-7H2,1-5H3. The summed E-state index contributed by atoms with van der Waals surface area (Å²) in [5.74, 6) is 0.967. The number of benzene rings is 1. The van der Waals surface area contributed by atoms with Crippen LogP contribution in [-0.2, 0) is 11.8 Å². The van der Waals surface area contributed by atoms with Crippen molar-refractivity contribution in [3.63, 3.8) is 0 Å². The number of rotatable bonds is 3. The zero-order valence-electron chi connectivity index (χ0n) is 10.9. The molecule has 0 bridgehead atoms. The van der Waals surface area contributed by atoms with Gasteiger partial charge in [-0.05, 0) is 29.9 Å². The van der Waals surface area contributed by atoms with Gasteiger partial charge in [-0.1, -0.05) is 32.9 Å². The molecule has 1 rings (SSSR count). The van der Waals surface area contributed by atoms with Crippen molar-refractivity contribution in [2.75, 3.05) is 13.7 Å². The van der Waals surface area contributed by atoms with E-state index in [1.807, 2.05) is 0 Å². The molecule has 0 spiro atoms. The normalized spacial score (nSPS) is 11.6. The maximum atomic E-state index is 9.00. The summed E-state index contributed by atoms with van der Waals surface area (Å²) in [6, 6.07) is 4.23. The first-order valence-corrected chi connectivity index (χ1v) is 5.69. The second kappa shape index (κ2) is 4.88. The van der Waals surface area contributed by atoms with Gasteiger partial charge in [-0.25, -0.2) is 0 Å². The van der Waals surface area contributed by atoms with Crippen molar-refractivity contribution in [1.82, 2.24) is 0 Å². The molecule has 0 radical (unpaired) electrons. The molecule has 2 nitrogen and oxygen atoms in total. The zero-order chi connectivity index (χ0) is 12.3. The van der Waals surface area contributed by atoms with Gasteiger partial charge in [0.05, 0.1) is 7.11 Å². The van der Waals surface area contributed by atoms with Gasteiger partial charge in [-0.15, -0.1) is 0 Å². The summed E-state index contributed by atoms with van der Waals surface area (Å²) in [6.45, 7) is 8.76. The van der Waals surface area contributed by atoms with Crippen LogP contribution in [0.4, 0.5) is 0 Å². The van der Waals surface area contributed by atoms with E-state index in [-0.39, 0.29) is 12.0 Å². The molecule has 0 aromatic heterocycles. The molecule has 1 aromatic carbocycles. The van der Waals surface area contributed by atoms with Crippen molar-refractivity contribution in [3.8, 4) is 5.75 Å². The molecule has 2 heteroatoms. The summed E-state index contributed by atoms with van der Waals surface area (Å²) in [5, 5.41) is 9.00. The smallest absolute Gasteiger partial charge is 0.125 e. The van der Waals surface area contributed by atoms with E-state index in [0.29, 0.717) is 6.42 Å². The van der Waals surface area contributed by atoms with Crippen LogP contribution in [0.15, 0.2) is 12.1 Å². The minimum absolute atomic E-state index is 0.0571. The van der Waals surface area contributed by atoms with Crippen molar-refractivity contribution in [2.24, 2.45) is 0 Å². The van der Waals surface area contributed by atoms with Gasteiger partial charge >= 0.3 is 0 Å². The highest BCUT2D eigenvalue weighted by molar-refractivity contribution is 5.47. The summed E-state index contributed by atoms with van der Waals surface area (Å²) in [6.07, 6.45) is 0.702. The number of hydrogen-bond acceptors (Lipinski definition) is 2. The molecule has 0 aliphatic rings. The van der Waals surface area contributed by atoms with Crippen LogP contribution in [0.1, 0.15) is 37.5 Å². The lowest BCUT2D eigenvalue weighted by atomic mass is 9.84. The van der Waals surface area contributed by atoms with Crippen molar-refractivity contribution in [1.29, 1.82) is 0 Å². The predicted molar refractivity (Wildman–Crippen MR) is 67.2 cm³/mol. The number of ether oxygens (including phenoxy) is 1. The van der Waals surface area contributed by atoms with Crippen LogP contribution in [0.3, 0.4) is 0 Å². The third kappa shape index (κ3) is 2.76. The molecule has 1 aromatic rings. The Labute approximate surface area is 98.3 Å². The summed E-state index contributed by atoms with van der Waals surface area (Å²) in [4.78, 5) is 0. The summed E-state index contributed by atoms with van der Waals surface area (Å²) in [5.41, 5.74) is 3.57. The Kier molecular flexibility index (Phi) is 3.98. The Morgan fingerprint density at radius 3 is 2.31 bits per heavy atom. The summed E-state index contributed by atoms with van der Waals surface area (Å²) >= 11 is 0. The number of aliphatic hydroxyl groups is 1. The molecule has 0 atom stereocenters. The van der Waals surface area contributed by atoms with Crippen molar-refractivity contribution in [3.05, 3.63) is 28.8 Å². The minimum atomic E-state index is 0.0571. The van der Waals surface area contributed by atoms with E-state index in [1.165, 1.54) is 11.1 Å². The molecule has 0 saturated heterocycles. The molecule has 0 fully saturated rings. The second-order valence-corrected chi connectivity index (χ2v) is 5.22. The van der Waals surface area contributed by atoms with E-state index in [2.05, 4.69) is 39.8 Å². The first-order valence-electron chi connectivity index (χ1n) is 5.69. The molecular weight excluding hydrogens is 200 g/mol. The SMILES string of the molecule is COc1c(C)cc(CCO)cc1C(C)(C)C. The van der Waals surface area contributed by atoms with Gasteiger partial charge in [0.15, 0.2) is 0 Å². The van der Waals surface area contributed by atoms with Crippen LogP contribution in [0.2, 0.25) is 0 Å². The average Bonchev–Trinajstić information content (AvgIpc) is 2.16. The summed E-state index contributed by atoms with van der Waals surface area (Å²) < 4.78 is 5.47. The van der Waals surface area contributed by atoms with Gasteiger partial charge in [0, 0.05) is 12.2 Å². The Bertz CT molecular complexity index is 362. The van der Waals surface area contributed by atoms with E-state index in [0.717, 1.165) is 11.3 Å². The van der Waals surface area contributed by atoms with Crippen LogP contribution in [0, 0.1) is 6.92 Å². The molecule has 0 saturated carbocycles. The average molecular weight is 222 g/mol. The van der Waals surface area contributed by atoms with Crippen LogP contribution in [0.5, 0.6) is 5.75 Å². The lowest BCUT2D eigenvalue weighted by Crippen LogP contribution is -2.14. The van der Waals surface area contributed by atoms with Crippen LogP contribution < -0.4 is 4.74 Å². The lowest BCUT2D eigenvalue weighted by Gasteiger charge is -2.24. The first kappa shape index (κ1) is 13.0. The monoisotopic (exact) mass is 222 g/mol. The molecule has 0 aliphatic carbocycles. The summed E-state index contributed by atoms with van der Waals surface area (Å²) in [7, 11) is 1.71. The number of aliphatic hydroxyl groups excluding tert-OH is 1. The Hall–Kier alpha value is -1.02. The van der Waals surface area contributed by atoms with Crippen molar-refractivity contribution in [2.45, 2.75) is 39.5 Å². The molecule has 0 unspecified atom stereocenters. The van der Waals surface area contributed by atoms with Gasteiger partial charge in [-0.3, -0.25) is 0 Å². The van der Waals surface area contributed by atoms with E-state index in [4.69, 9.17) is 9.84 Å². The quantitative estimate of drug-likeness (QED) is 0.852. The number of methoxy groups -OCH3 is 1. The molecular formula is C14H22O2.